The van der Waals surface area contributed by atoms with Crippen molar-refractivity contribution in [1.29, 1.82) is 0 Å². The van der Waals surface area contributed by atoms with Gasteiger partial charge in [0, 0.05) is 31.1 Å². The van der Waals surface area contributed by atoms with Crippen LogP contribution in [0.5, 0.6) is 0 Å². The largest absolute Gasteiger partial charge is 0.460 e. The molecule has 6 nitrogen and oxygen atoms in total. The Labute approximate surface area is 215 Å². The van der Waals surface area contributed by atoms with Crippen molar-refractivity contribution in [3.8, 4) is 0 Å². The van der Waals surface area contributed by atoms with Crippen LogP contribution in [0.25, 0.3) is 0 Å². The van der Waals surface area contributed by atoms with Crippen molar-refractivity contribution >= 4 is 11.7 Å². The molecule has 2 aromatic rings. The van der Waals surface area contributed by atoms with Crippen LogP contribution in [-0.2, 0) is 9.53 Å². The van der Waals surface area contributed by atoms with Gasteiger partial charge in [-0.25, -0.2) is 9.67 Å². The van der Waals surface area contributed by atoms with Gasteiger partial charge in [-0.3, -0.25) is 4.79 Å². The maximum absolute atomic E-state index is 12.2. The van der Waals surface area contributed by atoms with Crippen molar-refractivity contribution in [2.45, 2.75) is 90.3 Å². The Balaban J connectivity index is 1.24. The zero-order valence-corrected chi connectivity index (χ0v) is 22.3. The lowest BCUT2D eigenvalue weighted by Crippen LogP contribution is -2.56. The summed E-state index contributed by atoms with van der Waals surface area (Å²) in [7, 11) is 2.29. The Kier molecular flexibility index (Phi) is 5.92. The summed E-state index contributed by atoms with van der Waals surface area (Å²) in [6.07, 6.45) is 13.3. The van der Waals surface area contributed by atoms with E-state index in [9.17, 15) is 4.79 Å². The molecule has 4 aliphatic rings. The van der Waals surface area contributed by atoms with E-state index in [0.717, 1.165) is 24.7 Å². The number of nitrogens with zero attached hydrogens (tertiary/aromatic N) is 4. The van der Waals surface area contributed by atoms with E-state index < -0.39 is 0 Å². The Hall–Kier alpha value is -2.37. The minimum Gasteiger partial charge on any atom is -0.460 e. The molecule has 6 heteroatoms. The summed E-state index contributed by atoms with van der Waals surface area (Å²) >= 11 is 0. The lowest BCUT2D eigenvalue weighted by atomic mass is 9.45. The van der Waals surface area contributed by atoms with Gasteiger partial charge in [-0.05, 0) is 92.6 Å². The smallest absolute Gasteiger partial charge is 0.302 e. The number of carbonyl (C=O) groups is 1. The fourth-order valence-corrected chi connectivity index (χ4v) is 9.46. The number of aromatic nitrogens is 3. The van der Waals surface area contributed by atoms with E-state index in [1.807, 2.05) is 11.0 Å². The number of hydrogen-bond donors (Lipinski definition) is 0. The lowest BCUT2D eigenvalue weighted by Gasteiger charge is -2.61. The number of hydrogen-bond acceptors (Lipinski definition) is 5. The number of rotatable bonds is 4. The third kappa shape index (κ3) is 3.69. The quantitative estimate of drug-likeness (QED) is 0.499. The van der Waals surface area contributed by atoms with E-state index >= 15 is 0 Å². The maximum Gasteiger partial charge on any atom is 0.302 e. The molecule has 4 fully saturated rings. The summed E-state index contributed by atoms with van der Waals surface area (Å²) in [5, 5.41) is 4.49. The molecule has 1 aromatic carbocycles. The van der Waals surface area contributed by atoms with Gasteiger partial charge in [0.1, 0.15) is 18.8 Å². The van der Waals surface area contributed by atoms with Crippen molar-refractivity contribution in [1.82, 2.24) is 14.8 Å². The number of benzene rings is 1. The van der Waals surface area contributed by atoms with Crippen LogP contribution in [0.15, 0.2) is 43.0 Å². The van der Waals surface area contributed by atoms with E-state index in [1.165, 1.54) is 44.2 Å². The SMILES string of the molecule is CC(=O)O[C@H]1[C@@H](n2cncn2)C[C@H]2[C@@H]3CC[C@H]4C[C@@H](N(C)c5ccccc5)CC[C@]4(C)[C@H]3CC[C@@]21C. The van der Waals surface area contributed by atoms with E-state index in [0.29, 0.717) is 23.3 Å². The van der Waals surface area contributed by atoms with Gasteiger partial charge in [-0.2, -0.15) is 5.10 Å². The molecule has 0 unspecified atom stereocenters. The number of ether oxygens (including phenoxy) is 1. The van der Waals surface area contributed by atoms with Crippen LogP contribution in [0, 0.1) is 34.5 Å². The van der Waals surface area contributed by atoms with Crippen molar-refractivity contribution in [3.05, 3.63) is 43.0 Å². The highest BCUT2D eigenvalue weighted by Gasteiger charge is 2.64. The van der Waals surface area contributed by atoms with Gasteiger partial charge in [0.05, 0.1) is 6.04 Å². The van der Waals surface area contributed by atoms with E-state index in [-0.39, 0.29) is 23.5 Å². The van der Waals surface area contributed by atoms with Crippen molar-refractivity contribution < 1.29 is 9.53 Å². The van der Waals surface area contributed by atoms with Gasteiger partial charge in [0.25, 0.3) is 0 Å². The highest BCUT2D eigenvalue weighted by atomic mass is 16.5. The van der Waals surface area contributed by atoms with Gasteiger partial charge in [0.2, 0.25) is 0 Å². The van der Waals surface area contributed by atoms with Crippen molar-refractivity contribution in [2.75, 3.05) is 11.9 Å². The molecule has 0 N–H and O–H groups in total. The molecule has 0 spiro atoms. The second-order valence-corrected chi connectivity index (χ2v) is 12.8. The molecule has 36 heavy (non-hydrogen) atoms. The first-order valence-electron chi connectivity index (χ1n) is 14.1. The molecule has 4 aliphatic carbocycles. The third-order valence-electron chi connectivity index (χ3n) is 11.4. The second-order valence-electron chi connectivity index (χ2n) is 12.8. The molecular weight excluding hydrogens is 448 g/mol. The molecule has 1 aromatic heterocycles. The molecule has 6 rings (SSSR count). The highest BCUT2D eigenvalue weighted by Crippen LogP contribution is 2.68. The molecule has 0 aliphatic heterocycles. The zero-order valence-electron chi connectivity index (χ0n) is 22.3. The molecule has 0 radical (unpaired) electrons. The van der Waals surface area contributed by atoms with E-state index in [1.54, 1.807) is 13.3 Å². The fraction of sp³-hybridized carbons (Fsp3) is 0.700. The molecule has 9 atom stereocenters. The summed E-state index contributed by atoms with van der Waals surface area (Å²) < 4.78 is 8.04. The monoisotopic (exact) mass is 490 g/mol. The van der Waals surface area contributed by atoms with Gasteiger partial charge in [-0.15, -0.1) is 0 Å². The van der Waals surface area contributed by atoms with Crippen LogP contribution in [0.3, 0.4) is 0 Å². The summed E-state index contributed by atoms with van der Waals surface area (Å²) in [4.78, 5) is 18.9. The first kappa shape index (κ1) is 24.0. The minimum absolute atomic E-state index is 0.0113. The van der Waals surface area contributed by atoms with Crippen LogP contribution >= 0.6 is 0 Å². The summed E-state index contributed by atoms with van der Waals surface area (Å²) in [6.45, 7) is 6.58. The Bertz CT molecular complexity index is 1070. The Morgan fingerprint density at radius 1 is 1.03 bits per heavy atom. The third-order valence-corrected chi connectivity index (χ3v) is 11.4. The van der Waals surface area contributed by atoms with Gasteiger partial charge in [-0.1, -0.05) is 32.0 Å². The number of para-hydroxylation sites is 1. The molecule has 0 saturated heterocycles. The van der Waals surface area contributed by atoms with Crippen molar-refractivity contribution in [2.24, 2.45) is 34.5 Å². The Morgan fingerprint density at radius 3 is 2.53 bits per heavy atom. The van der Waals surface area contributed by atoms with Crippen LogP contribution < -0.4 is 4.90 Å². The standard InChI is InChI=1S/C30H42N4O2/c1-20(35)36-28-27(34-19-31-18-32-34)17-26-24-11-10-21-16-23(33(4)22-8-6-5-7-9-22)12-14-29(21,2)25(24)13-15-30(26,28)3/h5-9,18-19,21,23-28H,10-17H2,1-4H3/t21-,23-,24+,25-,26-,27-,28-,29-,30-/m0/s1. The normalized spacial score (nSPS) is 41.6. The van der Waals surface area contributed by atoms with Crippen molar-refractivity contribution in [3.63, 3.8) is 0 Å². The van der Waals surface area contributed by atoms with Gasteiger partial charge < -0.3 is 9.64 Å². The molecule has 4 saturated carbocycles. The average molecular weight is 491 g/mol. The van der Waals surface area contributed by atoms with Gasteiger partial charge >= 0.3 is 5.97 Å². The first-order chi connectivity index (χ1) is 17.3. The number of fused-ring (bicyclic) bond motifs is 5. The summed E-state index contributed by atoms with van der Waals surface area (Å²) in [6, 6.07) is 11.6. The predicted molar refractivity (Wildman–Crippen MR) is 140 cm³/mol. The maximum atomic E-state index is 12.2. The van der Waals surface area contributed by atoms with Gasteiger partial charge in [0.15, 0.2) is 0 Å². The molecule has 0 bridgehead atoms. The molecule has 194 valence electrons. The highest BCUT2D eigenvalue weighted by molar-refractivity contribution is 5.66. The van der Waals surface area contributed by atoms with Crippen LogP contribution in [0.2, 0.25) is 0 Å². The van der Waals surface area contributed by atoms with E-state index in [4.69, 9.17) is 4.74 Å². The van der Waals surface area contributed by atoms with Crippen LogP contribution in [-0.4, -0.2) is 39.9 Å². The summed E-state index contributed by atoms with van der Waals surface area (Å²) in [5.74, 6) is 2.66. The fourth-order valence-electron chi connectivity index (χ4n) is 9.46. The van der Waals surface area contributed by atoms with E-state index in [2.05, 4.69) is 66.2 Å². The molecule has 0 amide bonds. The number of esters is 1. The predicted octanol–water partition coefficient (Wildman–Crippen LogP) is 5.91. The molecule has 1 heterocycles. The number of carbonyl (C=O) groups excluding carboxylic acids is 1. The minimum atomic E-state index is -0.175. The second kappa shape index (κ2) is 8.88. The lowest BCUT2D eigenvalue weighted by molar-refractivity contribution is -0.163. The summed E-state index contributed by atoms with van der Waals surface area (Å²) in [5.41, 5.74) is 1.77. The zero-order chi connectivity index (χ0) is 25.1. The molecular formula is C30H42N4O2. The topological polar surface area (TPSA) is 60.3 Å². The first-order valence-corrected chi connectivity index (χ1v) is 14.1. The average Bonchev–Trinajstić information content (AvgIpc) is 3.50. The van der Waals surface area contributed by atoms with Crippen LogP contribution in [0.4, 0.5) is 5.69 Å². The number of anilines is 1. The van der Waals surface area contributed by atoms with Crippen LogP contribution in [0.1, 0.15) is 78.2 Å². The Morgan fingerprint density at radius 2 is 1.81 bits per heavy atom.